The van der Waals surface area contributed by atoms with Crippen LogP contribution in [-0.2, 0) is 6.42 Å². The summed E-state index contributed by atoms with van der Waals surface area (Å²) >= 11 is 5.86. The molecule has 0 aromatic heterocycles. The summed E-state index contributed by atoms with van der Waals surface area (Å²) < 4.78 is 0. The quantitative estimate of drug-likeness (QED) is 0.658. The predicted octanol–water partition coefficient (Wildman–Crippen LogP) is 3.51. The molecule has 0 spiro atoms. The molecule has 0 amide bonds. The fraction of sp³-hybridized carbons (Fsp3) is 0.538. The molecule has 1 atom stereocenters. The molecule has 5 heteroatoms. The van der Waals surface area contributed by atoms with Crippen LogP contribution >= 0.6 is 11.6 Å². The zero-order valence-corrected chi connectivity index (χ0v) is 11.6. The summed E-state index contributed by atoms with van der Waals surface area (Å²) in [6, 6.07) is 3.04. The van der Waals surface area contributed by atoms with E-state index in [2.05, 4.69) is 0 Å². The number of aryl methyl sites for hydroxylation is 1. The number of aliphatic hydroxyl groups excluding tert-OH is 1. The van der Waals surface area contributed by atoms with Crippen LogP contribution in [0, 0.1) is 23.0 Å². The van der Waals surface area contributed by atoms with Gasteiger partial charge in [0.15, 0.2) is 0 Å². The van der Waals surface area contributed by atoms with Crippen LogP contribution in [0.4, 0.5) is 5.69 Å². The lowest BCUT2D eigenvalue weighted by atomic mass is 9.97. The van der Waals surface area contributed by atoms with Gasteiger partial charge in [-0.05, 0) is 42.9 Å². The summed E-state index contributed by atoms with van der Waals surface area (Å²) in [5.74, 6) is 0.411. The van der Waals surface area contributed by atoms with E-state index in [4.69, 9.17) is 11.6 Å². The van der Waals surface area contributed by atoms with E-state index in [-0.39, 0.29) is 10.7 Å². The van der Waals surface area contributed by atoms with Gasteiger partial charge in [0, 0.05) is 6.07 Å². The summed E-state index contributed by atoms with van der Waals surface area (Å²) in [6.45, 7) is 5.87. The highest BCUT2D eigenvalue weighted by Crippen LogP contribution is 2.28. The van der Waals surface area contributed by atoms with Crippen molar-refractivity contribution in [3.05, 3.63) is 38.4 Å². The number of nitro benzene ring substituents is 1. The number of benzene rings is 1. The van der Waals surface area contributed by atoms with Gasteiger partial charge in [0.2, 0.25) is 0 Å². The van der Waals surface area contributed by atoms with Gasteiger partial charge >= 0.3 is 0 Å². The Balaban J connectivity index is 2.91. The van der Waals surface area contributed by atoms with E-state index in [0.717, 1.165) is 11.1 Å². The number of hydrogen-bond acceptors (Lipinski definition) is 3. The Bertz CT molecular complexity index is 446. The van der Waals surface area contributed by atoms with Gasteiger partial charge in [0.05, 0.1) is 11.0 Å². The van der Waals surface area contributed by atoms with Gasteiger partial charge in [-0.2, -0.15) is 0 Å². The highest BCUT2D eigenvalue weighted by atomic mass is 35.5. The maximum absolute atomic E-state index is 10.7. The van der Waals surface area contributed by atoms with E-state index in [1.54, 1.807) is 13.0 Å². The second kappa shape index (κ2) is 6.16. The number of rotatable bonds is 5. The highest BCUT2D eigenvalue weighted by Gasteiger charge is 2.17. The van der Waals surface area contributed by atoms with Crippen LogP contribution in [0.2, 0.25) is 5.02 Å². The van der Waals surface area contributed by atoms with E-state index in [9.17, 15) is 15.2 Å². The first-order valence-electron chi connectivity index (χ1n) is 5.92. The molecule has 0 aliphatic carbocycles. The van der Waals surface area contributed by atoms with Crippen LogP contribution in [0.15, 0.2) is 12.1 Å². The van der Waals surface area contributed by atoms with Gasteiger partial charge in [-0.25, -0.2) is 0 Å². The third kappa shape index (κ3) is 3.96. The molecule has 1 unspecified atom stereocenters. The zero-order valence-electron chi connectivity index (χ0n) is 10.8. The van der Waals surface area contributed by atoms with Gasteiger partial charge in [-0.15, -0.1) is 0 Å². The van der Waals surface area contributed by atoms with Crippen molar-refractivity contribution in [1.29, 1.82) is 0 Å². The van der Waals surface area contributed by atoms with Crippen molar-refractivity contribution < 1.29 is 10.0 Å². The third-order valence-electron chi connectivity index (χ3n) is 2.80. The average molecular weight is 272 g/mol. The second-order valence-corrected chi connectivity index (χ2v) is 5.38. The lowest BCUT2D eigenvalue weighted by Gasteiger charge is -2.14. The lowest BCUT2D eigenvalue weighted by molar-refractivity contribution is -0.384. The first-order chi connectivity index (χ1) is 8.31. The molecule has 0 radical (unpaired) electrons. The molecule has 4 nitrogen and oxygen atoms in total. The number of hydrogen-bond donors (Lipinski definition) is 1. The van der Waals surface area contributed by atoms with Gasteiger partial charge in [-0.3, -0.25) is 10.1 Å². The Kier molecular flexibility index (Phi) is 5.11. The summed E-state index contributed by atoms with van der Waals surface area (Å²) in [6.07, 6.45) is 0.733. The minimum atomic E-state index is -0.496. The van der Waals surface area contributed by atoms with Crippen molar-refractivity contribution in [3.63, 3.8) is 0 Å². The van der Waals surface area contributed by atoms with Crippen molar-refractivity contribution in [2.75, 3.05) is 0 Å². The monoisotopic (exact) mass is 271 g/mol. The van der Waals surface area contributed by atoms with Crippen molar-refractivity contribution >= 4 is 17.3 Å². The first kappa shape index (κ1) is 14.9. The van der Waals surface area contributed by atoms with E-state index in [1.165, 1.54) is 6.07 Å². The fourth-order valence-corrected chi connectivity index (χ4v) is 2.20. The van der Waals surface area contributed by atoms with Crippen molar-refractivity contribution in [1.82, 2.24) is 0 Å². The van der Waals surface area contributed by atoms with Crippen LogP contribution in [0.5, 0.6) is 0 Å². The summed E-state index contributed by atoms with van der Waals surface area (Å²) in [5, 5.41) is 20.7. The standard InChI is InChI=1S/C13H18ClNO3/c1-8(2)4-11(16)6-10-7-12(14)13(15(17)18)5-9(10)3/h5,7-8,11,16H,4,6H2,1-3H3. The molecule has 1 rings (SSSR count). The third-order valence-corrected chi connectivity index (χ3v) is 3.10. The van der Waals surface area contributed by atoms with Crippen LogP contribution in [0.3, 0.4) is 0 Å². The Labute approximate surface area is 112 Å². The molecule has 0 fully saturated rings. The van der Waals surface area contributed by atoms with Gasteiger partial charge < -0.3 is 5.11 Å². The normalized spacial score (nSPS) is 12.8. The Morgan fingerprint density at radius 2 is 2.06 bits per heavy atom. The van der Waals surface area contributed by atoms with Crippen molar-refractivity contribution in [2.45, 2.75) is 39.7 Å². The molecule has 0 saturated heterocycles. The van der Waals surface area contributed by atoms with Crippen LogP contribution in [-0.4, -0.2) is 16.1 Å². The molecule has 0 heterocycles. The summed E-state index contributed by atoms with van der Waals surface area (Å²) in [7, 11) is 0. The van der Waals surface area contributed by atoms with Gasteiger partial charge in [0.1, 0.15) is 5.02 Å². The topological polar surface area (TPSA) is 63.4 Å². The predicted molar refractivity (Wildman–Crippen MR) is 72.0 cm³/mol. The first-order valence-corrected chi connectivity index (χ1v) is 6.30. The molecular weight excluding hydrogens is 254 g/mol. The Hall–Kier alpha value is -1.13. The second-order valence-electron chi connectivity index (χ2n) is 4.97. The SMILES string of the molecule is Cc1cc([N+](=O)[O-])c(Cl)cc1CC(O)CC(C)C. The van der Waals surface area contributed by atoms with E-state index in [1.807, 2.05) is 13.8 Å². The smallest absolute Gasteiger partial charge is 0.288 e. The number of aliphatic hydroxyl groups is 1. The molecular formula is C13H18ClNO3. The van der Waals surface area contributed by atoms with Crippen molar-refractivity contribution in [3.8, 4) is 0 Å². The zero-order chi connectivity index (χ0) is 13.9. The Morgan fingerprint density at radius 3 is 2.56 bits per heavy atom. The maximum Gasteiger partial charge on any atom is 0.288 e. The maximum atomic E-state index is 10.7. The molecule has 18 heavy (non-hydrogen) atoms. The molecule has 1 N–H and O–H groups in total. The molecule has 0 saturated carbocycles. The van der Waals surface area contributed by atoms with Crippen LogP contribution < -0.4 is 0 Å². The average Bonchev–Trinajstić information content (AvgIpc) is 2.21. The molecule has 0 bridgehead atoms. The van der Waals surface area contributed by atoms with E-state index in [0.29, 0.717) is 18.8 Å². The van der Waals surface area contributed by atoms with Crippen LogP contribution in [0.1, 0.15) is 31.4 Å². The summed E-state index contributed by atoms with van der Waals surface area (Å²) in [4.78, 5) is 10.2. The molecule has 0 aliphatic heterocycles. The van der Waals surface area contributed by atoms with Gasteiger partial charge in [-0.1, -0.05) is 25.4 Å². The minimum Gasteiger partial charge on any atom is -0.393 e. The molecule has 100 valence electrons. The minimum absolute atomic E-state index is 0.0868. The van der Waals surface area contributed by atoms with E-state index >= 15 is 0 Å². The number of halogens is 1. The van der Waals surface area contributed by atoms with E-state index < -0.39 is 11.0 Å². The van der Waals surface area contributed by atoms with Gasteiger partial charge in [0.25, 0.3) is 5.69 Å². The largest absolute Gasteiger partial charge is 0.393 e. The Morgan fingerprint density at radius 1 is 1.44 bits per heavy atom. The number of nitro groups is 1. The number of nitrogens with zero attached hydrogens (tertiary/aromatic N) is 1. The highest BCUT2D eigenvalue weighted by molar-refractivity contribution is 6.32. The summed E-state index contributed by atoms with van der Waals surface area (Å²) in [5.41, 5.74) is 1.56. The lowest BCUT2D eigenvalue weighted by Crippen LogP contribution is -2.14. The van der Waals surface area contributed by atoms with Crippen molar-refractivity contribution in [2.24, 2.45) is 5.92 Å². The molecule has 1 aromatic rings. The fourth-order valence-electron chi connectivity index (χ4n) is 1.95. The van der Waals surface area contributed by atoms with Crippen LogP contribution in [0.25, 0.3) is 0 Å². The molecule has 0 aliphatic rings. The molecule has 1 aromatic carbocycles.